The number of ether oxygens (including phenoxy) is 3. The first-order valence-electron chi connectivity index (χ1n) is 6.03. The Morgan fingerprint density at radius 3 is 1.50 bits per heavy atom. The van der Waals surface area contributed by atoms with Crippen molar-refractivity contribution in [2.24, 2.45) is 0 Å². The highest BCUT2D eigenvalue weighted by Gasteiger charge is 2.24. The Labute approximate surface area is 160 Å². The van der Waals surface area contributed by atoms with Crippen molar-refractivity contribution in [2.45, 2.75) is 0 Å². The van der Waals surface area contributed by atoms with Gasteiger partial charge in [-0.3, -0.25) is 14.4 Å². The molecular formula is C13H9Br3O8. The molecule has 0 fully saturated rings. The standard InChI is InChI=1S/C13H9Br3O8/c14-3-9(17)22-6-1-7(23-10(18)4-15)12(13(20)21)8(2-6)24-11(19)5-16/h1-2H,3-5H2,(H,20,21). The number of hydrogen-bond acceptors (Lipinski definition) is 7. The fraction of sp³-hybridized carbons (Fsp3) is 0.231. The number of hydrogen-bond donors (Lipinski definition) is 1. The van der Waals surface area contributed by atoms with E-state index in [0.29, 0.717) is 0 Å². The van der Waals surface area contributed by atoms with E-state index in [-0.39, 0.29) is 21.7 Å². The van der Waals surface area contributed by atoms with Gasteiger partial charge in [-0.25, -0.2) is 4.79 Å². The Morgan fingerprint density at radius 2 is 1.17 bits per heavy atom. The monoisotopic (exact) mass is 530 g/mol. The number of carbonyl (C=O) groups is 4. The van der Waals surface area contributed by atoms with Crippen LogP contribution in [-0.4, -0.2) is 45.0 Å². The third-order valence-corrected chi connectivity index (χ3v) is 3.63. The lowest BCUT2D eigenvalue weighted by Crippen LogP contribution is -2.17. The normalized spacial score (nSPS) is 9.96. The Morgan fingerprint density at radius 1 is 0.792 bits per heavy atom. The molecule has 0 heterocycles. The van der Waals surface area contributed by atoms with Gasteiger partial charge < -0.3 is 19.3 Å². The summed E-state index contributed by atoms with van der Waals surface area (Å²) in [6.07, 6.45) is 0. The predicted octanol–water partition coefficient (Wildman–Crippen LogP) is 2.29. The maximum Gasteiger partial charge on any atom is 0.343 e. The minimum atomic E-state index is -1.50. The Hall–Kier alpha value is -1.46. The molecule has 130 valence electrons. The van der Waals surface area contributed by atoms with Crippen LogP contribution in [0.3, 0.4) is 0 Å². The van der Waals surface area contributed by atoms with E-state index in [1.54, 1.807) is 0 Å². The highest BCUT2D eigenvalue weighted by Crippen LogP contribution is 2.35. The van der Waals surface area contributed by atoms with Crippen molar-refractivity contribution in [1.82, 2.24) is 0 Å². The molecule has 0 aromatic heterocycles. The summed E-state index contributed by atoms with van der Waals surface area (Å²) in [6.45, 7) is 0. The molecule has 0 amide bonds. The van der Waals surface area contributed by atoms with Crippen molar-refractivity contribution >= 4 is 71.7 Å². The van der Waals surface area contributed by atoms with E-state index >= 15 is 0 Å². The second kappa shape index (κ2) is 9.74. The molecule has 0 aliphatic carbocycles. The second-order valence-corrected chi connectivity index (χ2v) is 5.61. The van der Waals surface area contributed by atoms with E-state index in [1.807, 2.05) is 0 Å². The zero-order valence-electron chi connectivity index (χ0n) is 11.7. The smallest absolute Gasteiger partial charge is 0.343 e. The van der Waals surface area contributed by atoms with E-state index < -0.39 is 40.9 Å². The fourth-order valence-corrected chi connectivity index (χ4v) is 1.80. The summed E-state index contributed by atoms with van der Waals surface area (Å²) >= 11 is 8.64. The molecule has 24 heavy (non-hydrogen) atoms. The van der Waals surface area contributed by atoms with Gasteiger partial charge in [-0.1, -0.05) is 47.8 Å². The number of esters is 3. The van der Waals surface area contributed by atoms with Gasteiger partial charge in [0.2, 0.25) is 0 Å². The number of carboxylic acids is 1. The number of aromatic carboxylic acids is 1. The minimum Gasteiger partial charge on any atom is -0.477 e. The average molecular weight is 533 g/mol. The van der Waals surface area contributed by atoms with Crippen LogP contribution in [0.25, 0.3) is 0 Å². The molecule has 1 N–H and O–H groups in total. The Bertz CT molecular complexity index is 634. The summed E-state index contributed by atoms with van der Waals surface area (Å²) in [5.41, 5.74) is -0.558. The van der Waals surface area contributed by atoms with Gasteiger partial charge >= 0.3 is 23.9 Å². The first kappa shape index (κ1) is 20.6. The molecule has 0 bridgehead atoms. The maximum atomic E-state index is 11.5. The second-order valence-electron chi connectivity index (χ2n) is 3.92. The zero-order chi connectivity index (χ0) is 18.3. The van der Waals surface area contributed by atoms with Crippen molar-refractivity contribution in [3.8, 4) is 17.2 Å². The number of carboxylic acid groups (broad SMARTS) is 1. The maximum absolute atomic E-state index is 11.5. The van der Waals surface area contributed by atoms with Crippen molar-refractivity contribution in [3.63, 3.8) is 0 Å². The summed E-state index contributed by atoms with van der Waals surface area (Å²) in [4.78, 5) is 45.7. The summed E-state index contributed by atoms with van der Waals surface area (Å²) < 4.78 is 14.7. The molecule has 0 saturated carbocycles. The first-order valence-corrected chi connectivity index (χ1v) is 9.40. The number of halogens is 3. The molecule has 1 aromatic carbocycles. The summed E-state index contributed by atoms with van der Waals surface area (Å²) in [5.74, 6) is -4.78. The number of benzene rings is 1. The van der Waals surface area contributed by atoms with Gasteiger partial charge in [0.1, 0.15) is 27.3 Å². The van der Waals surface area contributed by atoms with Crippen molar-refractivity contribution in [2.75, 3.05) is 16.0 Å². The molecule has 0 atom stereocenters. The Balaban J connectivity index is 3.44. The third kappa shape index (κ3) is 5.87. The summed E-state index contributed by atoms with van der Waals surface area (Å²) in [7, 11) is 0. The van der Waals surface area contributed by atoms with Crippen LogP contribution in [-0.2, 0) is 14.4 Å². The van der Waals surface area contributed by atoms with Crippen molar-refractivity contribution in [3.05, 3.63) is 17.7 Å². The molecular weight excluding hydrogens is 524 g/mol. The zero-order valence-corrected chi connectivity index (χ0v) is 16.5. The fourth-order valence-electron chi connectivity index (χ4n) is 1.46. The molecule has 1 rings (SSSR count). The minimum absolute atomic E-state index is 0.124. The van der Waals surface area contributed by atoms with Crippen LogP contribution in [0.1, 0.15) is 10.4 Å². The molecule has 1 aromatic rings. The average Bonchev–Trinajstić information content (AvgIpc) is 2.53. The van der Waals surface area contributed by atoms with E-state index in [9.17, 15) is 24.3 Å². The molecule has 0 aliphatic rings. The van der Waals surface area contributed by atoms with Crippen LogP contribution in [0.15, 0.2) is 12.1 Å². The molecule has 0 aliphatic heterocycles. The van der Waals surface area contributed by atoms with E-state index in [0.717, 1.165) is 12.1 Å². The summed E-state index contributed by atoms with van der Waals surface area (Å²) in [5, 5.41) is 8.79. The largest absolute Gasteiger partial charge is 0.477 e. The topological polar surface area (TPSA) is 116 Å². The van der Waals surface area contributed by atoms with Gasteiger partial charge in [0, 0.05) is 12.1 Å². The van der Waals surface area contributed by atoms with Gasteiger partial charge in [0.25, 0.3) is 0 Å². The van der Waals surface area contributed by atoms with Crippen LogP contribution in [0.4, 0.5) is 0 Å². The molecule has 0 spiro atoms. The number of carbonyl (C=O) groups excluding carboxylic acids is 3. The Kier molecular flexibility index (Phi) is 8.36. The highest BCUT2D eigenvalue weighted by molar-refractivity contribution is 9.09. The predicted molar refractivity (Wildman–Crippen MR) is 91.7 cm³/mol. The number of alkyl halides is 3. The van der Waals surface area contributed by atoms with E-state index in [2.05, 4.69) is 47.8 Å². The van der Waals surface area contributed by atoms with Gasteiger partial charge in [-0.05, 0) is 0 Å². The molecule has 0 radical (unpaired) electrons. The van der Waals surface area contributed by atoms with Crippen molar-refractivity contribution in [1.29, 1.82) is 0 Å². The SMILES string of the molecule is O=C(CBr)Oc1cc(OC(=O)CBr)c(C(=O)O)c(OC(=O)CBr)c1. The first-order chi connectivity index (χ1) is 11.3. The highest BCUT2D eigenvalue weighted by atomic mass is 79.9. The van der Waals surface area contributed by atoms with Crippen LogP contribution in [0.2, 0.25) is 0 Å². The van der Waals surface area contributed by atoms with Gasteiger partial charge in [-0.15, -0.1) is 0 Å². The van der Waals surface area contributed by atoms with E-state index in [4.69, 9.17) is 14.2 Å². The van der Waals surface area contributed by atoms with Crippen LogP contribution in [0.5, 0.6) is 17.2 Å². The molecule has 0 unspecified atom stereocenters. The van der Waals surface area contributed by atoms with E-state index in [1.165, 1.54) is 0 Å². The number of rotatable bonds is 7. The van der Waals surface area contributed by atoms with Gasteiger partial charge in [-0.2, -0.15) is 0 Å². The summed E-state index contributed by atoms with van der Waals surface area (Å²) in [6, 6.07) is 2.08. The lowest BCUT2D eigenvalue weighted by molar-refractivity contribution is -0.131. The molecule has 11 heteroatoms. The van der Waals surface area contributed by atoms with Crippen LogP contribution < -0.4 is 14.2 Å². The lowest BCUT2D eigenvalue weighted by atomic mass is 10.1. The van der Waals surface area contributed by atoms with Gasteiger partial charge in [0.15, 0.2) is 11.5 Å². The van der Waals surface area contributed by atoms with Crippen LogP contribution >= 0.6 is 47.8 Å². The quantitative estimate of drug-likeness (QED) is 0.323. The lowest BCUT2D eigenvalue weighted by Gasteiger charge is -2.13. The van der Waals surface area contributed by atoms with Crippen LogP contribution in [0, 0.1) is 0 Å². The van der Waals surface area contributed by atoms with Gasteiger partial charge in [0.05, 0.1) is 0 Å². The third-order valence-electron chi connectivity index (χ3n) is 2.26. The molecule has 0 saturated heterocycles. The molecule has 8 nitrogen and oxygen atoms in total. The van der Waals surface area contributed by atoms with Crippen molar-refractivity contribution < 1.29 is 38.5 Å².